The van der Waals surface area contributed by atoms with E-state index in [4.69, 9.17) is 10.5 Å². The normalized spacial score (nSPS) is 11.7. The summed E-state index contributed by atoms with van der Waals surface area (Å²) in [5.74, 6) is 0.357. The maximum atomic E-state index is 11.2. The third-order valence-corrected chi connectivity index (χ3v) is 3.16. The highest BCUT2D eigenvalue weighted by Gasteiger charge is 2.14. The summed E-state index contributed by atoms with van der Waals surface area (Å²) in [6, 6.07) is 17.2. The van der Waals surface area contributed by atoms with Gasteiger partial charge in [0.15, 0.2) is 0 Å². The topological polar surface area (TPSA) is 61.5 Å². The van der Waals surface area contributed by atoms with Gasteiger partial charge in [0.1, 0.15) is 11.8 Å². The number of hydrogen-bond acceptors (Lipinski definition) is 4. The summed E-state index contributed by atoms with van der Waals surface area (Å²) in [6.45, 7) is 0.361. The van der Waals surface area contributed by atoms with Gasteiger partial charge in [-0.15, -0.1) is 0 Å². The fraction of sp³-hybridized carbons (Fsp3) is 0.235. The molecule has 0 aliphatic heterocycles. The summed E-state index contributed by atoms with van der Waals surface area (Å²) in [5.41, 5.74) is 7.79. The molecule has 110 valence electrons. The first kappa shape index (κ1) is 15.1. The summed E-state index contributed by atoms with van der Waals surface area (Å²) in [4.78, 5) is 11.2. The van der Waals surface area contributed by atoms with Crippen LogP contribution in [0.25, 0.3) is 11.1 Å². The van der Waals surface area contributed by atoms with Crippen LogP contribution in [0.4, 0.5) is 0 Å². The van der Waals surface area contributed by atoms with Crippen molar-refractivity contribution in [2.24, 2.45) is 5.73 Å². The zero-order valence-corrected chi connectivity index (χ0v) is 12.0. The van der Waals surface area contributed by atoms with Crippen LogP contribution in [0, 0.1) is 0 Å². The fourth-order valence-corrected chi connectivity index (χ4v) is 2.01. The number of methoxy groups -OCH3 is 1. The van der Waals surface area contributed by atoms with Gasteiger partial charge in [-0.1, -0.05) is 48.5 Å². The van der Waals surface area contributed by atoms with E-state index in [9.17, 15) is 4.79 Å². The largest absolute Gasteiger partial charge is 0.493 e. The monoisotopic (exact) mass is 285 g/mol. The van der Waals surface area contributed by atoms with Crippen molar-refractivity contribution in [2.45, 2.75) is 12.5 Å². The Bertz CT molecular complexity index is 584. The Morgan fingerprint density at radius 1 is 1.10 bits per heavy atom. The van der Waals surface area contributed by atoms with Gasteiger partial charge in [0.2, 0.25) is 0 Å². The number of ether oxygens (including phenoxy) is 2. The summed E-state index contributed by atoms with van der Waals surface area (Å²) < 4.78 is 10.4. The molecule has 21 heavy (non-hydrogen) atoms. The summed E-state index contributed by atoms with van der Waals surface area (Å²) in [7, 11) is 1.33. The highest BCUT2D eigenvalue weighted by atomic mass is 16.5. The average Bonchev–Trinajstić information content (AvgIpc) is 2.55. The molecule has 0 aliphatic rings. The summed E-state index contributed by atoms with van der Waals surface area (Å²) in [5, 5.41) is 0. The standard InChI is InChI=1S/C17H19NO3/c1-20-17(19)15(18)11-12-21-16-10-6-5-9-14(16)13-7-3-2-4-8-13/h2-10,15H,11-12,18H2,1H3. The van der Waals surface area contributed by atoms with Crippen LogP contribution < -0.4 is 10.5 Å². The summed E-state index contributed by atoms with van der Waals surface area (Å²) in [6.07, 6.45) is 0.412. The molecule has 4 heteroatoms. The van der Waals surface area contributed by atoms with Crippen molar-refractivity contribution in [3.05, 3.63) is 54.6 Å². The predicted octanol–water partition coefficient (Wildman–Crippen LogP) is 2.62. The Morgan fingerprint density at radius 3 is 2.48 bits per heavy atom. The van der Waals surface area contributed by atoms with Crippen LogP contribution in [0.3, 0.4) is 0 Å². The molecule has 0 bridgehead atoms. The minimum Gasteiger partial charge on any atom is -0.493 e. The minimum atomic E-state index is -0.654. The van der Waals surface area contributed by atoms with E-state index in [1.807, 2.05) is 54.6 Å². The molecule has 4 nitrogen and oxygen atoms in total. The lowest BCUT2D eigenvalue weighted by Gasteiger charge is -2.13. The second-order valence-electron chi connectivity index (χ2n) is 4.63. The van der Waals surface area contributed by atoms with Gasteiger partial charge in [0, 0.05) is 12.0 Å². The molecule has 1 unspecified atom stereocenters. The van der Waals surface area contributed by atoms with E-state index in [1.165, 1.54) is 7.11 Å². The van der Waals surface area contributed by atoms with Gasteiger partial charge in [0.25, 0.3) is 0 Å². The first-order chi connectivity index (χ1) is 10.2. The van der Waals surface area contributed by atoms with Gasteiger partial charge < -0.3 is 15.2 Å². The lowest BCUT2D eigenvalue weighted by atomic mass is 10.1. The molecule has 0 aromatic heterocycles. The van der Waals surface area contributed by atoms with Crippen LogP contribution >= 0.6 is 0 Å². The van der Waals surface area contributed by atoms with Crippen molar-refractivity contribution in [1.82, 2.24) is 0 Å². The van der Waals surface area contributed by atoms with Gasteiger partial charge >= 0.3 is 5.97 Å². The molecule has 0 saturated heterocycles. The van der Waals surface area contributed by atoms with E-state index in [0.29, 0.717) is 13.0 Å². The first-order valence-electron chi connectivity index (χ1n) is 6.83. The molecule has 1 atom stereocenters. The van der Waals surface area contributed by atoms with Crippen LogP contribution in [-0.2, 0) is 9.53 Å². The molecule has 2 rings (SSSR count). The van der Waals surface area contributed by atoms with Crippen LogP contribution in [-0.4, -0.2) is 25.7 Å². The Morgan fingerprint density at radius 2 is 1.76 bits per heavy atom. The number of benzene rings is 2. The molecule has 0 aliphatic carbocycles. The number of carbonyl (C=O) groups excluding carboxylic acids is 1. The summed E-state index contributed by atoms with van der Waals surface area (Å²) >= 11 is 0. The van der Waals surface area contributed by atoms with Crippen LogP contribution in [0.2, 0.25) is 0 Å². The zero-order valence-electron chi connectivity index (χ0n) is 12.0. The third kappa shape index (κ3) is 4.07. The predicted molar refractivity (Wildman–Crippen MR) is 82.0 cm³/mol. The first-order valence-corrected chi connectivity index (χ1v) is 6.83. The van der Waals surface area contributed by atoms with E-state index in [2.05, 4.69) is 4.74 Å². The van der Waals surface area contributed by atoms with Crippen molar-refractivity contribution in [2.75, 3.05) is 13.7 Å². The smallest absolute Gasteiger partial charge is 0.322 e. The van der Waals surface area contributed by atoms with E-state index in [0.717, 1.165) is 16.9 Å². The van der Waals surface area contributed by atoms with E-state index in [1.54, 1.807) is 0 Å². The molecule has 2 aromatic carbocycles. The molecule has 0 heterocycles. The van der Waals surface area contributed by atoms with E-state index >= 15 is 0 Å². The SMILES string of the molecule is COC(=O)C(N)CCOc1ccccc1-c1ccccc1. The second-order valence-corrected chi connectivity index (χ2v) is 4.63. The Hall–Kier alpha value is -2.33. The van der Waals surface area contributed by atoms with Crippen molar-refractivity contribution in [3.8, 4) is 16.9 Å². The van der Waals surface area contributed by atoms with Crippen molar-refractivity contribution in [1.29, 1.82) is 0 Å². The molecule has 0 spiro atoms. The second kappa shape index (κ2) is 7.45. The van der Waals surface area contributed by atoms with Gasteiger partial charge in [-0.3, -0.25) is 4.79 Å². The van der Waals surface area contributed by atoms with Crippen molar-refractivity contribution >= 4 is 5.97 Å². The average molecular weight is 285 g/mol. The molecule has 0 fully saturated rings. The molecule has 2 aromatic rings. The number of esters is 1. The van der Waals surface area contributed by atoms with Gasteiger partial charge in [-0.2, -0.15) is 0 Å². The zero-order chi connectivity index (χ0) is 15.1. The maximum absolute atomic E-state index is 11.2. The van der Waals surface area contributed by atoms with E-state index < -0.39 is 12.0 Å². The van der Waals surface area contributed by atoms with E-state index in [-0.39, 0.29) is 0 Å². The number of para-hydroxylation sites is 1. The molecular weight excluding hydrogens is 266 g/mol. The quantitative estimate of drug-likeness (QED) is 0.829. The van der Waals surface area contributed by atoms with Crippen molar-refractivity contribution in [3.63, 3.8) is 0 Å². The maximum Gasteiger partial charge on any atom is 0.322 e. The lowest BCUT2D eigenvalue weighted by molar-refractivity contribution is -0.142. The highest BCUT2D eigenvalue weighted by molar-refractivity contribution is 5.75. The van der Waals surface area contributed by atoms with Gasteiger partial charge in [-0.25, -0.2) is 0 Å². The Balaban J connectivity index is 2.03. The number of rotatable bonds is 6. The molecule has 0 amide bonds. The minimum absolute atomic E-state index is 0.361. The Kier molecular flexibility index (Phi) is 5.35. The molecule has 0 radical (unpaired) electrons. The van der Waals surface area contributed by atoms with Crippen LogP contribution in [0.5, 0.6) is 5.75 Å². The third-order valence-electron chi connectivity index (χ3n) is 3.16. The molecular formula is C17H19NO3. The number of nitrogens with two attached hydrogens (primary N) is 1. The van der Waals surface area contributed by atoms with Crippen LogP contribution in [0.15, 0.2) is 54.6 Å². The number of hydrogen-bond donors (Lipinski definition) is 1. The molecule has 2 N–H and O–H groups in total. The Labute approximate surface area is 124 Å². The fourth-order valence-electron chi connectivity index (χ4n) is 2.01. The lowest BCUT2D eigenvalue weighted by Crippen LogP contribution is -2.33. The number of carbonyl (C=O) groups is 1. The highest BCUT2D eigenvalue weighted by Crippen LogP contribution is 2.29. The van der Waals surface area contributed by atoms with Gasteiger partial charge in [0.05, 0.1) is 13.7 Å². The van der Waals surface area contributed by atoms with Gasteiger partial charge in [-0.05, 0) is 11.6 Å². The van der Waals surface area contributed by atoms with Crippen LogP contribution in [0.1, 0.15) is 6.42 Å². The molecule has 0 saturated carbocycles. The van der Waals surface area contributed by atoms with Crippen molar-refractivity contribution < 1.29 is 14.3 Å².